The fourth-order valence-electron chi connectivity index (χ4n) is 2.53. The zero-order chi connectivity index (χ0) is 18.9. The van der Waals surface area contributed by atoms with Crippen molar-refractivity contribution in [3.05, 3.63) is 40.9 Å². The van der Waals surface area contributed by atoms with Crippen molar-refractivity contribution in [2.75, 3.05) is 19.8 Å². The Morgan fingerprint density at radius 1 is 1.35 bits per heavy atom. The van der Waals surface area contributed by atoms with Crippen LogP contribution in [0.5, 0.6) is 0 Å². The van der Waals surface area contributed by atoms with Crippen molar-refractivity contribution in [1.82, 2.24) is 9.88 Å². The van der Waals surface area contributed by atoms with Gasteiger partial charge in [-0.25, -0.2) is 9.78 Å². The molecule has 1 aliphatic rings. The van der Waals surface area contributed by atoms with Crippen LogP contribution in [0, 0.1) is 0 Å². The van der Waals surface area contributed by atoms with Gasteiger partial charge in [0.1, 0.15) is 10.7 Å². The Hall–Kier alpha value is -2.46. The van der Waals surface area contributed by atoms with E-state index in [0.717, 1.165) is 28.4 Å². The van der Waals surface area contributed by atoms with Crippen molar-refractivity contribution < 1.29 is 32.6 Å². The van der Waals surface area contributed by atoms with E-state index in [0.29, 0.717) is 0 Å². The van der Waals surface area contributed by atoms with E-state index in [1.807, 2.05) is 0 Å². The van der Waals surface area contributed by atoms with Crippen LogP contribution in [0.4, 0.5) is 13.2 Å². The van der Waals surface area contributed by atoms with Crippen LogP contribution in [0.2, 0.25) is 0 Å². The van der Waals surface area contributed by atoms with Crippen LogP contribution in [0.3, 0.4) is 0 Å². The highest BCUT2D eigenvalue weighted by Crippen LogP contribution is 2.33. The minimum Gasteiger partial charge on any atom is -0.480 e. The molecule has 0 saturated carbocycles. The number of aromatic nitrogens is 1. The minimum absolute atomic E-state index is 0.00411. The van der Waals surface area contributed by atoms with E-state index in [1.165, 1.54) is 17.5 Å². The number of morpholine rings is 1. The number of nitrogens with zero attached hydrogens (tertiary/aromatic N) is 2. The maximum atomic E-state index is 12.8. The largest absolute Gasteiger partial charge is 0.480 e. The molecule has 2 aromatic rings. The number of benzene rings is 1. The van der Waals surface area contributed by atoms with Gasteiger partial charge in [-0.3, -0.25) is 4.79 Å². The first-order valence-electron chi connectivity index (χ1n) is 7.52. The summed E-state index contributed by atoms with van der Waals surface area (Å²) in [4.78, 5) is 29.1. The summed E-state index contributed by atoms with van der Waals surface area (Å²) in [6, 6.07) is 3.53. The molecule has 0 bridgehead atoms. The van der Waals surface area contributed by atoms with Crippen molar-refractivity contribution >= 4 is 23.2 Å². The smallest absolute Gasteiger partial charge is 0.416 e. The number of aliphatic carboxylic acids is 1. The van der Waals surface area contributed by atoms with Gasteiger partial charge in [-0.1, -0.05) is 12.1 Å². The Labute approximate surface area is 149 Å². The summed E-state index contributed by atoms with van der Waals surface area (Å²) in [5.74, 6) is -1.78. The highest BCUT2D eigenvalue weighted by Gasteiger charge is 2.34. The number of alkyl halides is 3. The summed E-state index contributed by atoms with van der Waals surface area (Å²) < 4.78 is 43.6. The Balaban J connectivity index is 1.86. The highest BCUT2D eigenvalue weighted by atomic mass is 32.1. The third-order valence-electron chi connectivity index (χ3n) is 3.83. The predicted molar refractivity (Wildman–Crippen MR) is 85.8 cm³/mol. The van der Waals surface area contributed by atoms with E-state index in [-0.39, 0.29) is 36.0 Å². The summed E-state index contributed by atoms with van der Waals surface area (Å²) in [6.07, 6.45) is -4.48. The topological polar surface area (TPSA) is 79.7 Å². The summed E-state index contributed by atoms with van der Waals surface area (Å²) in [5.41, 5.74) is -0.576. The maximum absolute atomic E-state index is 12.8. The Morgan fingerprint density at radius 2 is 2.12 bits per heavy atom. The third kappa shape index (κ3) is 3.70. The number of carboxylic acids is 1. The van der Waals surface area contributed by atoms with Gasteiger partial charge in [-0.05, 0) is 12.1 Å². The van der Waals surface area contributed by atoms with Crippen LogP contribution < -0.4 is 0 Å². The average Bonchev–Trinajstić information content (AvgIpc) is 3.10. The lowest BCUT2D eigenvalue weighted by molar-refractivity contribution is -0.147. The normalized spacial score (nSPS) is 18.0. The van der Waals surface area contributed by atoms with Crippen LogP contribution >= 0.6 is 11.3 Å². The first-order valence-corrected chi connectivity index (χ1v) is 8.40. The fraction of sp³-hybridized carbons (Fsp3) is 0.312. The zero-order valence-electron chi connectivity index (χ0n) is 13.2. The van der Waals surface area contributed by atoms with Crippen LogP contribution in [-0.4, -0.2) is 52.7 Å². The second-order valence-corrected chi connectivity index (χ2v) is 6.40. The monoisotopic (exact) mass is 386 g/mol. The van der Waals surface area contributed by atoms with Gasteiger partial charge in [-0.2, -0.15) is 13.2 Å². The van der Waals surface area contributed by atoms with E-state index < -0.39 is 29.7 Å². The van der Waals surface area contributed by atoms with E-state index >= 15 is 0 Å². The number of rotatable bonds is 3. The second-order valence-electron chi connectivity index (χ2n) is 5.54. The predicted octanol–water partition coefficient (Wildman–Crippen LogP) is 2.75. The molecule has 1 amide bonds. The number of hydrogen-bond acceptors (Lipinski definition) is 5. The van der Waals surface area contributed by atoms with Crippen LogP contribution in [0.1, 0.15) is 16.1 Å². The Kier molecular flexibility index (Phi) is 4.97. The summed E-state index contributed by atoms with van der Waals surface area (Å²) in [5, 5.41) is 10.9. The zero-order valence-corrected chi connectivity index (χ0v) is 14.0. The molecule has 2 heterocycles. The first-order chi connectivity index (χ1) is 12.3. The third-order valence-corrected chi connectivity index (χ3v) is 4.73. The van der Waals surface area contributed by atoms with E-state index in [4.69, 9.17) is 4.74 Å². The standard InChI is InChI=1S/C16H13F3N2O4S/c17-16(18,19)10-3-1-2-9(6-10)13-20-11(8-26-13)14(22)21-4-5-25-7-12(21)15(23)24/h1-3,6,8,12H,4-5,7H2,(H,23,24). The Bertz CT molecular complexity index is 837. The lowest BCUT2D eigenvalue weighted by atomic mass is 10.1. The molecule has 26 heavy (non-hydrogen) atoms. The molecule has 0 spiro atoms. The number of carbonyl (C=O) groups excluding carboxylic acids is 1. The molecule has 1 N–H and O–H groups in total. The molecule has 10 heteroatoms. The van der Waals surface area contributed by atoms with Crippen LogP contribution in [-0.2, 0) is 15.7 Å². The molecule has 6 nitrogen and oxygen atoms in total. The molecule has 1 atom stereocenters. The van der Waals surface area contributed by atoms with Crippen LogP contribution in [0.15, 0.2) is 29.6 Å². The van der Waals surface area contributed by atoms with Crippen molar-refractivity contribution in [3.8, 4) is 10.6 Å². The molecule has 1 aromatic heterocycles. The molecule has 1 fully saturated rings. The molecule has 138 valence electrons. The highest BCUT2D eigenvalue weighted by molar-refractivity contribution is 7.13. The molecule has 1 aliphatic heterocycles. The van der Waals surface area contributed by atoms with Crippen molar-refractivity contribution in [3.63, 3.8) is 0 Å². The SMILES string of the molecule is O=C(O)C1COCCN1C(=O)c1csc(-c2cccc(C(F)(F)F)c2)n1. The number of carbonyl (C=O) groups is 2. The van der Waals surface area contributed by atoms with Crippen molar-refractivity contribution in [2.24, 2.45) is 0 Å². The van der Waals surface area contributed by atoms with Gasteiger partial charge in [0, 0.05) is 17.5 Å². The van der Waals surface area contributed by atoms with E-state index in [1.54, 1.807) is 0 Å². The average molecular weight is 386 g/mol. The number of thiazole rings is 1. The molecule has 0 radical (unpaired) electrons. The quantitative estimate of drug-likeness (QED) is 0.878. The lowest BCUT2D eigenvalue weighted by Crippen LogP contribution is -2.52. The molecule has 1 aromatic carbocycles. The molecular formula is C16H13F3N2O4S. The summed E-state index contributed by atoms with van der Waals surface area (Å²) >= 11 is 1.02. The van der Waals surface area contributed by atoms with Gasteiger partial charge in [-0.15, -0.1) is 11.3 Å². The van der Waals surface area contributed by atoms with Gasteiger partial charge in [0.2, 0.25) is 0 Å². The van der Waals surface area contributed by atoms with Gasteiger partial charge in [0.05, 0.1) is 18.8 Å². The van der Waals surface area contributed by atoms with Crippen molar-refractivity contribution in [2.45, 2.75) is 12.2 Å². The van der Waals surface area contributed by atoms with Gasteiger partial charge in [0.15, 0.2) is 6.04 Å². The summed E-state index contributed by atoms with van der Waals surface area (Å²) in [7, 11) is 0. The maximum Gasteiger partial charge on any atom is 0.416 e. The molecule has 3 rings (SSSR count). The number of ether oxygens (including phenoxy) is 1. The second kappa shape index (κ2) is 7.04. The van der Waals surface area contributed by atoms with Crippen molar-refractivity contribution in [1.29, 1.82) is 0 Å². The number of hydrogen-bond donors (Lipinski definition) is 1. The van der Waals surface area contributed by atoms with Crippen LogP contribution in [0.25, 0.3) is 10.6 Å². The lowest BCUT2D eigenvalue weighted by Gasteiger charge is -2.32. The first kappa shape index (κ1) is 18.3. The fourth-order valence-corrected chi connectivity index (χ4v) is 3.32. The number of carboxylic acid groups (broad SMARTS) is 1. The number of halogens is 3. The van der Waals surface area contributed by atoms with Gasteiger partial charge in [0.25, 0.3) is 5.91 Å². The van der Waals surface area contributed by atoms with Gasteiger partial charge < -0.3 is 14.7 Å². The Morgan fingerprint density at radius 3 is 2.81 bits per heavy atom. The number of amides is 1. The van der Waals surface area contributed by atoms with Gasteiger partial charge >= 0.3 is 12.1 Å². The molecule has 1 unspecified atom stereocenters. The molecular weight excluding hydrogens is 373 g/mol. The summed E-state index contributed by atoms with van der Waals surface area (Å²) in [6.45, 7) is 0.193. The minimum atomic E-state index is -4.48. The van der Waals surface area contributed by atoms with E-state index in [9.17, 15) is 27.9 Å². The molecule has 1 saturated heterocycles. The van der Waals surface area contributed by atoms with E-state index in [2.05, 4.69) is 4.98 Å². The molecule has 0 aliphatic carbocycles.